The van der Waals surface area contributed by atoms with Gasteiger partial charge in [0.1, 0.15) is 0 Å². The first kappa shape index (κ1) is 9.53. The van der Waals surface area contributed by atoms with Crippen molar-refractivity contribution in [1.82, 2.24) is 0 Å². The van der Waals surface area contributed by atoms with Crippen molar-refractivity contribution in [1.29, 1.82) is 0 Å². The monoisotopic (exact) mass is 210 g/mol. The van der Waals surface area contributed by atoms with Gasteiger partial charge in [0, 0.05) is 5.02 Å². The summed E-state index contributed by atoms with van der Waals surface area (Å²) >= 11 is 6.01. The molecule has 0 amide bonds. The van der Waals surface area contributed by atoms with Crippen molar-refractivity contribution < 1.29 is 9.90 Å². The van der Waals surface area contributed by atoms with E-state index in [1.807, 2.05) is 25.1 Å². The number of carboxylic acids is 1. The quantitative estimate of drug-likeness (QED) is 0.774. The molecule has 0 spiro atoms. The normalized spacial score (nSPS) is 24.7. The van der Waals surface area contributed by atoms with E-state index in [0.717, 1.165) is 17.5 Å². The summed E-state index contributed by atoms with van der Waals surface area (Å²) in [5.41, 5.74) is 1.89. The first-order valence-corrected chi connectivity index (χ1v) is 4.99. The fraction of sp³-hybridized carbons (Fsp3) is 0.364. The van der Waals surface area contributed by atoms with Crippen molar-refractivity contribution in [2.24, 2.45) is 5.92 Å². The number of fused-ring (bicyclic) bond motifs is 1. The van der Waals surface area contributed by atoms with E-state index in [-0.39, 0.29) is 11.8 Å². The Kier molecular flexibility index (Phi) is 2.23. The zero-order valence-corrected chi connectivity index (χ0v) is 8.58. The zero-order chi connectivity index (χ0) is 10.3. The first-order chi connectivity index (χ1) is 6.61. The Labute approximate surface area is 87.5 Å². The van der Waals surface area contributed by atoms with Crippen molar-refractivity contribution in [3.05, 3.63) is 34.3 Å². The van der Waals surface area contributed by atoms with Crippen LogP contribution in [0.5, 0.6) is 0 Å². The molecule has 1 aromatic carbocycles. The molecular weight excluding hydrogens is 200 g/mol. The fourth-order valence-corrected chi connectivity index (χ4v) is 2.46. The zero-order valence-electron chi connectivity index (χ0n) is 7.83. The van der Waals surface area contributed by atoms with Gasteiger partial charge in [0.15, 0.2) is 0 Å². The molecule has 0 fully saturated rings. The Bertz CT molecular complexity index is 387. The average Bonchev–Trinajstić information content (AvgIpc) is 2.42. The lowest BCUT2D eigenvalue weighted by molar-refractivity contribution is -0.139. The molecule has 0 saturated heterocycles. The number of rotatable bonds is 1. The third-order valence-electron chi connectivity index (χ3n) is 2.85. The molecule has 0 aliphatic heterocycles. The van der Waals surface area contributed by atoms with Gasteiger partial charge in [-0.2, -0.15) is 0 Å². The number of carboxylic acid groups (broad SMARTS) is 1. The van der Waals surface area contributed by atoms with Crippen LogP contribution in [0, 0.1) is 5.92 Å². The third kappa shape index (κ3) is 1.30. The Morgan fingerprint density at radius 3 is 2.93 bits per heavy atom. The van der Waals surface area contributed by atoms with Gasteiger partial charge >= 0.3 is 5.97 Å². The van der Waals surface area contributed by atoms with E-state index < -0.39 is 5.97 Å². The maximum absolute atomic E-state index is 11.0. The van der Waals surface area contributed by atoms with Crippen molar-refractivity contribution in [3.63, 3.8) is 0 Å². The van der Waals surface area contributed by atoms with Gasteiger partial charge in [0.2, 0.25) is 0 Å². The Morgan fingerprint density at radius 1 is 1.57 bits per heavy atom. The molecule has 1 N–H and O–H groups in total. The van der Waals surface area contributed by atoms with Gasteiger partial charge in [0.05, 0.1) is 5.92 Å². The van der Waals surface area contributed by atoms with E-state index in [1.54, 1.807) is 0 Å². The van der Waals surface area contributed by atoms with Gasteiger partial charge in [-0.1, -0.05) is 30.7 Å². The molecule has 0 aromatic heterocycles. The lowest BCUT2D eigenvalue weighted by atomic mass is 9.94. The molecule has 1 aromatic rings. The largest absolute Gasteiger partial charge is 0.481 e. The van der Waals surface area contributed by atoms with Crippen LogP contribution in [0.2, 0.25) is 5.02 Å². The lowest BCUT2D eigenvalue weighted by Crippen LogP contribution is -2.14. The second kappa shape index (κ2) is 3.28. The molecular formula is C11H11ClO2. The summed E-state index contributed by atoms with van der Waals surface area (Å²) in [7, 11) is 0. The van der Waals surface area contributed by atoms with Crippen molar-refractivity contribution in [2.45, 2.75) is 19.3 Å². The molecule has 2 atom stereocenters. The highest BCUT2D eigenvalue weighted by Crippen LogP contribution is 2.40. The molecule has 0 radical (unpaired) electrons. The van der Waals surface area contributed by atoms with Crippen LogP contribution in [0.1, 0.15) is 24.0 Å². The molecule has 1 aliphatic carbocycles. The van der Waals surface area contributed by atoms with Gasteiger partial charge in [-0.05, 0) is 29.5 Å². The fourth-order valence-electron chi connectivity index (χ4n) is 2.20. The topological polar surface area (TPSA) is 37.3 Å². The smallest absolute Gasteiger partial charge is 0.311 e. The number of carbonyl (C=O) groups is 1. The maximum Gasteiger partial charge on any atom is 0.311 e. The van der Waals surface area contributed by atoms with E-state index in [4.69, 9.17) is 16.7 Å². The van der Waals surface area contributed by atoms with Crippen LogP contribution in [0.25, 0.3) is 0 Å². The maximum atomic E-state index is 11.0. The minimum absolute atomic E-state index is 0.141. The molecule has 74 valence electrons. The van der Waals surface area contributed by atoms with Crippen LogP contribution >= 0.6 is 11.6 Å². The SMILES string of the molecule is CC1Cc2c(Cl)cccc2C1C(=O)O. The predicted molar refractivity (Wildman–Crippen MR) is 54.7 cm³/mol. The Balaban J connectivity index is 2.53. The van der Waals surface area contributed by atoms with E-state index in [9.17, 15) is 4.79 Å². The number of halogens is 1. The summed E-state index contributed by atoms with van der Waals surface area (Å²) in [6, 6.07) is 5.50. The second-order valence-electron chi connectivity index (χ2n) is 3.80. The van der Waals surface area contributed by atoms with Crippen LogP contribution in [-0.4, -0.2) is 11.1 Å². The minimum Gasteiger partial charge on any atom is -0.481 e. The van der Waals surface area contributed by atoms with Crippen LogP contribution in [0.15, 0.2) is 18.2 Å². The van der Waals surface area contributed by atoms with Gasteiger partial charge < -0.3 is 5.11 Å². The molecule has 3 heteroatoms. The van der Waals surface area contributed by atoms with E-state index in [2.05, 4.69) is 0 Å². The van der Waals surface area contributed by atoms with Crippen molar-refractivity contribution >= 4 is 17.6 Å². The standard InChI is InChI=1S/C11H11ClO2/c1-6-5-8-7(10(6)11(13)14)3-2-4-9(8)12/h2-4,6,10H,5H2,1H3,(H,13,14). The first-order valence-electron chi connectivity index (χ1n) is 4.61. The van der Waals surface area contributed by atoms with Crippen molar-refractivity contribution in [3.8, 4) is 0 Å². The average molecular weight is 211 g/mol. The molecule has 2 nitrogen and oxygen atoms in total. The Morgan fingerprint density at radius 2 is 2.29 bits per heavy atom. The summed E-state index contributed by atoms with van der Waals surface area (Å²) in [6.07, 6.45) is 0.770. The highest BCUT2D eigenvalue weighted by molar-refractivity contribution is 6.31. The van der Waals surface area contributed by atoms with Crippen LogP contribution in [0.4, 0.5) is 0 Å². The minimum atomic E-state index is -0.751. The second-order valence-corrected chi connectivity index (χ2v) is 4.21. The van der Waals surface area contributed by atoms with E-state index in [1.165, 1.54) is 0 Å². The van der Waals surface area contributed by atoms with Crippen LogP contribution in [-0.2, 0) is 11.2 Å². The molecule has 0 heterocycles. The number of aliphatic carboxylic acids is 1. The summed E-state index contributed by atoms with van der Waals surface area (Å²) in [4.78, 5) is 11.0. The predicted octanol–water partition coefficient (Wildman–Crippen LogP) is 2.70. The molecule has 0 bridgehead atoms. The summed E-state index contributed by atoms with van der Waals surface area (Å²) in [5, 5.41) is 9.77. The van der Waals surface area contributed by atoms with Gasteiger partial charge in [-0.25, -0.2) is 0 Å². The molecule has 2 rings (SSSR count). The number of hydrogen-bond donors (Lipinski definition) is 1. The molecule has 0 saturated carbocycles. The van der Waals surface area contributed by atoms with Gasteiger partial charge in [-0.15, -0.1) is 0 Å². The lowest BCUT2D eigenvalue weighted by Gasteiger charge is -2.10. The highest BCUT2D eigenvalue weighted by Gasteiger charge is 2.35. The summed E-state index contributed by atoms with van der Waals surface area (Å²) < 4.78 is 0. The molecule has 2 unspecified atom stereocenters. The summed E-state index contributed by atoms with van der Waals surface area (Å²) in [6.45, 7) is 1.95. The Hall–Kier alpha value is -1.02. The van der Waals surface area contributed by atoms with Crippen LogP contribution < -0.4 is 0 Å². The third-order valence-corrected chi connectivity index (χ3v) is 3.21. The number of benzene rings is 1. The van der Waals surface area contributed by atoms with Gasteiger partial charge in [0.25, 0.3) is 0 Å². The van der Waals surface area contributed by atoms with Crippen LogP contribution in [0.3, 0.4) is 0 Å². The highest BCUT2D eigenvalue weighted by atomic mass is 35.5. The van der Waals surface area contributed by atoms with E-state index >= 15 is 0 Å². The molecule has 1 aliphatic rings. The van der Waals surface area contributed by atoms with E-state index in [0.29, 0.717) is 5.02 Å². The van der Waals surface area contributed by atoms with Crippen molar-refractivity contribution in [2.75, 3.05) is 0 Å². The number of hydrogen-bond acceptors (Lipinski definition) is 1. The summed E-state index contributed by atoms with van der Waals surface area (Å²) in [5.74, 6) is -0.996. The van der Waals surface area contributed by atoms with Gasteiger partial charge in [-0.3, -0.25) is 4.79 Å². The molecule has 14 heavy (non-hydrogen) atoms.